The van der Waals surface area contributed by atoms with Crippen molar-refractivity contribution in [2.45, 2.75) is 6.54 Å². The third kappa shape index (κ3) is 3.15. The first-order valence-corrected chi connectivity index (χ1v) is 6.53. The zero-order valence-corrected chi connectivity index (χ0v) is 12.1. The number of nitrogens with zero attached hydrogens (tertiary/aromatic N) is 1. The molecule has 0 aliphatic rings. The molecular formula is C13H12BrClN2O. The van der Waals surface area contributed by atoms with E-state index >= 15 is 0 Å². The molecule has 0 fully saturated rings. The van der Waals surface area contributed by atoms with Crippen LogP contribution in [-0.4, -0.2) is 12.1 Å². The molecule has 0 amide bonds. The summed E-state index contributed by atoms with van der Waals surface area (Å²) in [5.41, 5.74) is 1.91. The highest BCUT2D eigenvalue weighted by atomic mass is 79.9. The molecule has 1 N–H and O–H groups in total. The normalized spacial score (nSPS) is 10.2. The molecule has 0 unspecified atom stereocenters. The fourth-order valence-corrected chi connectivity index (χ4v) is 2.07. The number of anilines is 1. The Kier molecular flexibility index (Phi) is 4.44. The number of ether oxygens (including phenoxy) is 1. The predicted octanol–water partition coefficient (Wildman–Crippen LogP) is 4.12. The minimum absolute atomic E-state index is 0.642. The number of rotatable bonds is 4. The highest BCUT2D eigenvalue weighted by molar-refractivity contribution is 9.10. The van der Waals surface area contributed by atoms with E-state index in [0.29, 0.717) is 11.6 Å². The summed E-state index contributed by atoms with van der Waals surface area (Å²) in [5.74, 6) is 0.826. The maximum Gasteiger partial charge on any atom is 0.119 e. The highest BCUT2D eigenvalue weighted by Crippen LogP contribution is 2.25. The molecule has 0 saturated carbocycles. The molecule has 2 rings (SSSR count). The van der Waals surface area contributed by atoms with Crippen LogP contribution in [0.1, 0.15) is 5.56 Å². The number of methoxy groups -OCH3 is 1. The average molecular weight is 328 g/mol. The Morgan fingerprint density at radius 2 is 2.22 bits per heavy atom. The molecule has 5 heteroatoms. The molecular weight excluding hydrogens is 316 g/mol. The first kappa shape index (κ1) is 13.2. The summed E-state index contributed by atoms with van der Waals surface area (Å²) < 4.78 is 6.22. The fraction of sp³-hybridized carbons (Fsp3) is 0.154. The molecule has 1 aromatic carbocycles. The molecule has 1 heterocycles. The van der Waals surface area contributed by atoms with E-state index < -0.39 is 0 Å². The Labute approximate surface area is 119 Å². The van der Waals surface area contributed by atoms with E-state index in [1.54, 1.807) is 25.6 Å². The number of nitrogens with one attached hydrogen (secondary N) is 1. The number of pyridine rings is 1. The van der Waals surface area contributed by atoms with Crippen molar-refractivity contribution in [3.63, 3.8) is 0 Å². The molecule has 3 nitrogen and oxygen atoms in total. The van der Waals surface area contributed by atoms with Gasteiger partial charge in [-0.3, -0.25) is 4.98 Å². The van der Waals surface area contributed by atoms with Crippen molar-refractivity contribution in [1.82, 2.24) is 4.98 Å². The van der Waals surface area contributed by atoms with Gasteiger partial charge in [0.05, 0.1) is 24.0 Å². The molecule has 2 aromatic rings. The van der Waals surface area contributed by atoms with Gasteiger partial charge in [-0.2, -0.15) is 0 Å². The second-order valence-electron chi connectivity index (χ2n) is 3.67. The van der Waals surface area contributed by atoms with Gasteiger partial charge in [0.25, 0.3) is 0 Å². The zero-order chi connectivity index (χ0) is 13.0. The molecule has 0 bridgehead atoms. The van der Waals surface area contributed by atoms with E-state index in [0.717, 1.165) is 21.5 Å². The molecule has 0 aliphatic heterocycles. The number of aromatic nitrogens is 1. The SMILES string of the molecule is COc1ccc(Br)c(CNc2cnccc2Cl)c1. The van der Waals surface area contributed by atoms with Crippen LogP contribution >= 0.6 is 27.5 Å². The second kappa shape index (κ2) is 6.07. The van der Waals surface area contributed by atoms with Gasteiger partial charge >= 0.3 is 0 Å². The Morgan fingerprint density at radius 1 is 1.39 bits per heavy atom. The molecule has 0 atom stereocenters. The van der Waals surface area contributed by atoms with Crippen LogP contribution in [0.5, 0.6) is 5.75 Å². The van der Waals surface area contributed by atoms with Crippen molar-refractivity contribution < 1.29 is 4.74 Å². The van der Waals surface area contributed by atoms with Gasteiger partial charge < -0.3 is 10.1 Å². The van der Waals surface area contributed by atoms with Gasteiger partial charge in [-0.15, -0.1) is 0 Å². The standard InChI is InChI=1S/C13H12BrClN2O/c1-18-10-2-3-11(14)9(6-10)7-17-13-8-16-5-4-12(13)15/h2-6,8,17H,7H2,1H3. The van der Waals surface area contributed by atoms with Gasteiger partial charge in [0.1, 0.15) is 5.75 Å². The summed E-state index contributed by atoms with van der Waals surface area (Å²) in [4.78, 5) is 4.03. The van der Waals surface area contributed by atoms with Crippen LogP contribution in [0.25, 0.3) is 0 Å². The fourth-order valence-electron chi connectivity index (χ4n) is 1.51. The van der Waals surface area contributed by atoms with Gasteiger partial charge in [-0.05, 0) is 29.8 Å². The van der Waals surface area contributed by atoms with Crippen LogP contribution in [0, 0.1) is 0 Å². The van der Waals surface area contributed by atoms with Crippen LogP contribution in [0.2, 0.25) is 5.02 Å². The van der Waals surface area contributed by atoms with Crippen molar-refractivity contribution in [3.05, 3.63) is 51.7 Å². The quantitative estimate of drug-likeness (QED) is 0.917. The van der Waals surface area contributed by atoms with Gasteiger partial charge in [0.2, 0.25) is 0 Å². The maximum absolute atomic E-state index is 6.05. The Hall–Kier alpha value is -1.26. The molecule has 0 radical (unpaired) electrons. The van der Waals surface area contributed by atoms with Gasteiger partial charge in [-0.1, -0.05) is 27.5 Å². The van der Waals surface area contributed by atoms with Crippen LogP contribution in [0.15, 0.2) is 41.1 Å². The van der Waals surface area contributed by atoms with Crippen molar-refractivity contribution in [3.8, 4) is 5.75 Å². The molecule has 0 aliphatic carbocycles. The lowest BCUT2D eigenvalue weighted by Gasteiger charge is -2.10. The second-order valence-corrected chi connectivity index (χ2v) is 4.93. The Bertz CT molecular complexity index is 548. The topological polar surface area (TPSA) is 34.1 Å². The summed E-state index contributed by atoms with van der Waals surface area (Å²) in [6.07, 6.45) is 3.37. The molecule has 1 aromatic heterocycles. The smallest absolute Gasteiger partial charge is 0.119 e. The van der Waals surface area contributed by atoms with E-state index in [2.05, 4.69) is 26.2 Å². The predicted molar refractivity (Wildman–Crippen MR) is 77.3 cm³/mol. The van der Waals surface area contributed by atoms with E-state index in [-0.39, 0.29) is 0 Å². The minimum atomic E-state index is 0.642. The van der Waals surface area contributed by atoms with Gasteiger partial charge in [0.15, 0.2) is 0 Å². The van der Waals surface area contributed by atoms with Crippen molar-refractivity contribution in [1.29, 1.82) is 0 Å². The van der Waals surface area contributed by atoms with E-state index in [1.807, 2.05) is 18.2 Å². The van der Waals surface area contributed by atoms with Gasteiger partial charge in [0, 0.05) is 17.2 Å². The van der Waals surface area contributed by atoms with E-state index in [9.17, 15) is 0 Å². The number of hydrogen-bond acceptors (Lipinski definition) is 3. The highest BCUT2D eigenvalue weighted by Gasteiger charge is 2.04. The van der Waals surface area contributed by atoms with Crippen LogP contribution < -0.4 is 10.1 Å². The third-order valence-electron chi connectivity index (χ3n) is 2.49. The average Bonchev–Trinajstić information content (AvgIpc) is 2.39. The number of halogens is 2. The summed E-state index contributed by atoms with van der Waals surface area (Å²) in [6, 6.07) is 7.59. The summed E-state index contributed by atoms with van der Waals surface area (Å²) >= 11 is 9.56. The minimum Gasteiger partial charge on any atom is -0.497 e. The summed E-state index contributed by atoms with van der Waals surface area (Å²) in [5, 5.41) is 3.90. The zero-order valence-electron chi connectivity index (χ0n) is 9.78. The molecule has 18 heavy (non-hydrogen) atoms. The van der Waals surface area contributed by atoms with Crippen LogP contribution in [-0.2, 0) is 6.54 Å². The first-order valence-electron chi connectivity index (χ1n) is 5.36. The lowest BCUT2D eigenvalue weighted by atomic mass is 10.2. The number of benzene rings is 1. The summed E-state index contributed by atoms with van der Waals surface area (Å²) in [7, 11) is 1.65. The lowest BCUT2D eigenvalue weighted by Crippen LogP contribution is -2.01. The van der Waals surface area contributed by atoms with Crippen molar-refractivity contribution in [2.24, 2.45) is 0 Å². The van der Waals surface area contributed by atoms with Crippen LogP contribution in [0.4, 0.5) is 5.69 Å². The van der Waals surface area contributed by atoms with Crippen molar-refractivity contribution in [2.75, 3.05) is 12.4 Å². The molecule has 0 saturated heterocycles. The Morgan fingerprint density at radius 3 is 2.94 bits per heavy atom. The van der Waals surface area contributed by atoms with E-state index in [1.165, 1.54) is 0 Å². The van der Waals surface area contributed by atoms with E-state index in [4.69, 9.17) is 16.3 Å². The summed E-state index contributed by atoms with van der Waals surface area (Å²) in [6.45, 7) is 0.642. The third-order valence-corrected chi connectivity index (χ3v) is 3.59. The van der Waals surface area contributed by atoms with Crippen LogP contribution in [0.3, 0.4) is 0 Å². The number of hydrogen-bond donors (Lipinski definition) is 1. The monoisotopic (exact) mass is 326 g/mol. The lowest BCUT2D eigenvalue weighted by molar-refractivity contribution is 0.414. The first-order chi connectivity index (χ1) is 8.70. The van der Waals surface area contributed by atoms with Crippen molar-refractivity contribution >= 4 is 33.2 Å². The largest absolute Gasteiger partial charge is 0.497 e. The maximum atomic E-state index is 6.05. The van der Waals surface area contributed by atoms with Gasteiger partial charge in [-0.25, -0.2) is 0 Å². The molecule has 0 spiro atoms. The Balaban J connectivity index is 2.13. The molecule has 94 valence electrons.